The maximum atomic E-state index is 12.9. The summed E-state index contributed by atoms with van der Waals surface area (Å²) in [6.07, 6.45) is -2.09. The van der Waals surface area contributed by atoms with Crippen molar-refractivity contribution >= 4 is 11.0 Å². The summed E-state index contributed by atoms with van der Waals surface area (Å²) in [6.45, 7) is 2.69. The first-order valence-electron chi connectivity index (χ1n) is 8.64. The average Bonchev–Trinajstić information content (AvgIpc) is 3.17. The number of fused-ring (bicyclic) bond motifs is 1. The molecule has 9 heteroatoms. The molecule has 0 bridgehead atoms. The van der Waals surface area contributed by atoms with Crippen LogP contribution in [0.5, 0.6) is 0 Å². The summed E-state index contributed by atoms with van der Waals surface area (Å²) in [4.78, 5) is 0. The van der Waals surface area contributed by atoms with Crippen LogP contribution in [0, 0.1) is 0 Å². The number of nitrogens with zero attached hydrogens (tertiary/aromatic N) is 2. The van der Waals surface area contributed by atoms with Crippen LogP contribution in [-0.2, 0) is 43.2 Å². The van der Waals surface area contributed by atoms with Gasteiger partial charge in [0.05, 0.1) is 17.5 Å². The summed E-state index contributed by atoms with van der Waals surface area (Å²) in [5.41, 5.74) is 1.38. The largest absolute Gasteiger partial charge is 0.435 e. The lowest BCUT2D eigenvalue weighted by Gasteiger charge is -2.13. The first kappa shape index (κ1) is 20.0. The van der Waals surface area contributed by atoms with Gasteiger partial charge >= 0.3 is 6.18 Å². The highest BCUT2D eigenvalue weighted by Gasteiger charge is 2.37. The quantitative estimate of drug-likeness (QED) is 0.750. The lowest BCUT2D eigenvalue weighted by atomic mass is 10.1. The average molecular weight is 403 g/mol. The van der Waals surface area contributed by atoms with Crippen molar-refractivity contribution in [2.24, 2.45) is 0 Å². The molecule has 0 radical (unpaired) electrons. The fourth-order valence-electron chi connectivity index (χ4n) is 3.22. The van der Waals surface area contributed by atoms with Crippen LogP contribution in [0.15, 0.2) is 24.4 Å². The summed E-state index contributed by atoms with van der Waals surface area (Å²) >= 11 is 0. The van der Waals surface area contributed by atoms with E-state index in [1.54, 1.807) is 0 Å². The van der Waals surface area contributed by atoms with E-state index >= 15 is 0 Å². The highest BCUT2D eigenvalue weighted by Crippen LogP contribution is 2.31. The monoisotopic (exact) mass is 403 g/mol. The van der Waals surface area contributed by atoms with Crippen molar-refractivity contribution in [1.82, 2.24) is 14.5 Å². The predicted octanol–water partition coefficient (Wildman–Crippen LogP) is 3.55. The number of hydrogen-bond donors (Lipinski definition) is 1. The highest BCUT2D eigenvalue weighted by molar-refractivity contribution is 7.83. The van der Waals surface area contributed by atoms with E-state index in [4.69, 9.17) is 0 Å². The molecule has 1 aliphatic carbocycles. The molecule has 0 saturated heterocycles. The summed E-state index contributed by atoms with van der Waals surface area (Å²) in [7, 11) is -1.10. The molecule has 1 aromatic heterocycles. The third kappa shape index (κ3) is 4.57. The van der Waals surface area contributed by atoms with E-state index in [1.807, 2.05) is 32.0 Å². The molecule has 1 unspecified atom stereocenters. The molecular weight excluding hydrogens is 382 g/mol. The Morgan fingerprint density at radius 2 is 2.00 bits per heavy atom. The van der Waals surface area contributed by atoms with Crippen molar-refractivity contribution in [3.63, 3.8) is 0 Å². The lowest BCUT2D eigenvalue weighted by Crippen LogP contribution is -2.34. The Kier molecular flexibility index (Phi) is 5.71. The van der Waals surface area contributed by atoms with Gasteiger partial charge in [-0.1, -0.05) is 18.2 Å². The van der Waals surface area contributed by atoms with E-state index in [2.05, 4.69) is 9.82 Å². The summed E-state index contributed by atoms with van der Waals surface area (Å²) < 4.78 is 67.8. The molecule has 3 rings (SSSR count). The summed E-state index contributed by atoms with van der Waals surface area (Å²) in [5.74, 6) is 0. The van der Waals surface area contributed by atoms with E-state index in [0.29, 0.717) is 6.42 Å². The van der Waals surface area contributed by atoms with Gasteiger partial charge in [-0.05, 0) is 43.4 Å². The van der Waals surface area contributed by atoms with Crippen molar-refractivity contribution in [1.29, 1.82) is 0 Å². The van der Waals surface area contributed by atoms with Gasteiger partial charge in [0.2, 0.25) is 0 Å². The van der Waals surface area contributed by atoms with Gasteiger partial charge in [0.15, 0.2) is 5.69 Å². The zero-order valence-corrected chi connectivity index (χ0v) is 15.8. The maximum absolute atomic E-state index is 12.9. The number of hydrogen-bond acceptors (Lipinski definition) is 2. The number of nitrogens with one attached hydrogen (secondary N) is 1. The Hall–Kier alpha value is -1.74. The zero-order chi connectivity index (χ0) is 19.8. The molecule has 1 N–H and O–H groups in total. The Morgan fingerprint density at radius 1 is 1.30 bits per heavy atom. The van der Waals surface area contributed by atoms with Crippen LogP contribution in [0.3, 0.4) is 0 Å². The predicted molar refractivity (Wildman–Crippen MR) is 95.2 cm³/mol. The van der Waals surface area contributed by atoms with Crippen LogP contribution in [0.1, 0.15) is 41.8 Å². The van der Waals surface area contributed by atoms with Crippen LogP contribution in [0.2, 0.25) is 0 Å². The highest BCUT2D eigenvalue weighted by atomic mass is 32.2. The van der Waals surface area contributed by atoms with Crippen molar-refractivity contribution in [3.05, 3.63) is 52.3 Å². The van der Waals surface area contributed by atoms with Crippen LogP contribution < -0.4 is 4.72 Å². The van der Waals surface area contributed by atoms with Crippen molar-refractivity contribution in [2.75, 3.05) is 0 Å². The molecule has 0 amide bonds. The van der Waals surface area contributed by atoms with E-state index in [0.717, 1.165) is 34.0 Å². The second-order valence-electron chi connectivity index (χ2n) is 7.00. The van der Waals surface area contributed by atoms with Crippen LogP contribution in [0.4, 0.5) is 17.6 Å². The van der Waals surface area contributed by atoms with Gasteiger partial charge in [-0.3, -0.25) is 4.68 Å². The first-order valence-corrected chi connectivity index (χ1v) is 9.85. The van der Waals surface area contributed by atoms with Gasteiger partial charge in [-0.25, -0.2) is 13.3 Å². The van der Waals surface area contributed by atoms with Gasteiger partial charge < -0.3 is 0 Å². The number of aromatic nitrogens is 2. The van der Waals surface area contributed by atoms with E-state index in [-0.39, 0.29) is 17.8 Å². The fraction of sp³-hybridized carbons (Fsp3) is 0.500. The van der Waals surface area contributed by atoms with Crippen LogP contribution in [-0.4, -0.2) is 25.3 Å². The normalized spacial score (nSPS) is 18.1. The van der Waals surface area contributed by atoms with E-state index in [1.165, 1.54) is 0 Å². The van der Waals surface area contributed by atoms with Gasteiger partial charge in [0.25, 0.3) is 0 Å². The lowest BCUT2D eigenvalue weighted by molar-refractivity contribution is -0.142. The maximum Gasteiger partial charge on any atom is 0.435 e. The number of rotatable bonds is 6. The molecule has 1 heterocycles. The van der Waals surface area contributed by atoms with Crippen LogP contribution in [0.25, 0.3) is 0 Å². The second-order valence-corrected chi connectivity index (χ2v) is 8.78. The molecule has 0 saturated carbocycles. The van der Waals surface area contributed by atoms with Gasteiger partial charge in [-0.2, -0.15) is 18.3 Å². The zero-order valence-electron chi connectivity index (χ0n) is 15.0. The third-order valence-corrected chi connectivity index (χ3v) is 5.93. The van der Waals surface area contributed by atoms with Crippen molar-refractivity contribution in [3.8, 4) is 0 Å². The van der Waals surface area contributed by atoms with Gasteiger partial charge in [-0.15, -0.1) is 0 Å². The Labute approximate surface area is 157 Å². The molecule has 4 nitrogen and oxygen atoms in total. The standard InChI is InChI=1S/C18H21F4N3OS/c1-11(2)27(26)24-16-6-13-4-3-12(5-14(13)7-16)9-25-10-15(8-19)17(23-25)18(20,21)22/h3-5,10-11,16,24H,6-9H2,1-2H3/t16-,27?/m0/s1. The number of benzene rings is 1. The Balaban J connectivity index is 1.73. The van der Waals surface area contributed by atoms with Crippen molar-refractivity contribution in [2.45, 2.75) is 57.4 Å². The molecule has 1 aliphatic rings. The number of alkyl halides is 4. The Bertz CT molecular complexity index is 848. The molecule has 0 spiro atoms. The van der Waals surface area contributed by atoms with Crippen molar-refractivity contribution < 1.29 is 21.8 Å². The minimum atomic E-state index is -4.67. The molecule has 27 heavy (non-hydrogen) atoms. The topological polar surface area (TPSA) is 46.9 Å². The molecule has 148 valence electrons. The van der Waals surface area contributed by atoms with E-state index < -0.39 is 35.1 Å². The van der Waals surface area contributed by atoms with Crippen LogP contribution >= 0.6 is 0 Å². The molecule has 1 aromatic carbocycles. The number of halogens is 4. The third-order valence-electron chi connectivity index (χ3n) is 4.51. The van der Waals surface area contributed by atoms with Gasteiger partial charge in [0.1, 0.15) is 6.67 Å². The minimum Gasteiger partial charge on any atom is -0.267 e. The summed E-state index contributed by atoms with van der Waals surface area (Å²) in [6, 6.07) is 5.79. The molecule has 0 fully saturated rings. The van der Waals surface area contributed by atoms with Gasteiger partial charge in [0, 0.05) is 23.1 Å². The molecule has 2 aromatic rings. The minimum absolute atomic E-state index is 0.0246. The summed E-state index contributed by atoms with van der Waals surface area (Å²) in [5, 5.41) is 3.54. The fourth-order valence-corrected chi connectivity index (χ4v) is 3.99. The Morgan fingerprint density at radius 3 is 2.59 bits per heavy atom. The second kappa shape index (κ2) is 7.71. The first-order chi connectivity index (χ1) is 12.7. The van der Waals surface area contributed by atoms with E-state index in [9.17, 15) is 21.8 Å². The SMILES string of the molecule is CC(C)S(=O)N[C@H]1Cc2ccc(Cn3cc(CF)c(C(F)(F)F)n3)cc2C1. The molecule has 2 atom stereocenters. The molecule has 0 aliphatic heterocycles. The molecular formula is C18H21F4N3OS. The smallest absolute Gasteiger partial charge is 0.267 e.